The largest absolute Gasteiger partial charge is 0.354 e. The highest BCUT2D eigenvalue weighted by atomic mass is 32.2. The third-order valence-corrected chi connectivity index (χ3v) is 22.1. The average molecular weight is 1330 g/mol. The van der Waals surface area contributed by atoms with Gasteiger partial charge in [-0.05, 0) is 172 Å². The van der Waals surface area contributed by atoms with Crippen LogP contribution in [0.1, 0.15) is 324 Å². The van der Waals surface area contributed by atoms with E-state index in [1.54, 1.807) is 0 Å². The number of aryl methyl sites for hydroxylation is 8. The number of nitrogens with one attached hydrogen (secondary N) is 2. The van der Waals surface area contributed by atoms with Crippen LogP contribution >= 0.6 is 0 Å². The molecular weight excluding hydrogens is 1210 g/mol. The molecule has 0 unspecified atom stereocenters. The molecule has 2 aliphatic heterocycles. The van der Waals surface area contributed by atoms with E-state index in [9.17, 15) is 8.42 Å². The average Bonchev–Trinajstić information content (AvgIpc) is 1.59. The topological polar surface area (TPSA) is 101 Å². The highest BCUT2D eigenvalue weighted by Gasteiger charge is 2.28. The minimum Gasteiger partial charge on any atom is -0.354 e. The van der Waals surface area contributed by atoms with Gasteiger partial charge in [-0.2, -0.15) is 8.42 Å². The first-order chi connectivity index (χ1) is 47.5. The Kier molecular flexibility index (Phi) is 31.2. The zero-order valence-electron chi connectivity index (χ0n) is 62.3. The predicted octanol–water partition coefficient (Wildman–Crippen LogP) is 26.8. The monoisotopic (exact) mass is 1330 g/mol. The van der Waals surface area contributed by atoms with Gasteiger partial charge in [0.1, 0.15) is 0 Å². The quantitative estimate of drug-likeness (QED) is 0.0292. The molecule has 0 radical (unpaired) electrons. The van der Waals surface area contributed by atoms with Crippen molar-refractivity contribution in [1.82, 2.24) is 19.9 Å². The Labute approximate surface area is 588 Å². The predicted molar refractivity (Wildman–Crippen MR) is 421 cm³/mol. The molecule has 3 aromatic heterocycles. The van der Waals surface area contributed by atoms with Crippen molar-refractivity contribution in [2.75, 3.05) is 12.9 Å². The summed E-state index contributed by atoms with van der Waals surface area (Å²) in [5.74, 6) is 0. The molecule has 0 amide bonds. The number of aromatic nitrogens is 4. The first-order valence-electron chi connectivity index (χ1n) is 40.3. The van der Waals surface area contributed by atoms with Gasteiger partial charge in [0.25, 0.3) is 10.1 Å². The van der Waals surface area contributed by atoms with Crippen molar-refractivity contribution in [3.63, 3.8) is 0 Å². The lowest BCUT2D eigenvalue weighted by Gasteiger charge is -2.14. The van der Waals surface area contributed by atoms with Crippen LogP contribution in [0.5, 0.6) is 0 Å². The number of fused-ring (bicyclic) bond motifs is 20. The van der Waals surface area contributed by atoms with Crippen LogP contribution in [0.25, 0.3) is 88.6 Å². The minimum atomic E-state index is -3.60. The number of rotatable bonds is 47. The van der Waals surface area contributed by atoms with Crippen molar-refractivity contribution in [1.29, 1.82) is 0 Å². The van der Waals surface area contributed by atoms with Crippen LogP contribution in [0.4, 0.5) is 0 Å². The summed E-state index contributed by atoms with van der Waals surface area (Å²) in [5.41, 5.74) is 25.2. The lowest BCUT2D eigenvalue weighted by atomic mass is 9.88. The highest BCUT2D eigenvalue weighted by Crippen LogP contribution is 2.47. The van der Waals surface area contributed by atoms with Crippen molar-refractivity contribution in [3.8, 4) is 45.0 Å². The molecule has 4 aromatic carbocycles. The van der Waals surface area contributed by atoms with E-state index >= 15 is 0 Å². The van der Waals surface area contributed by atoms with Crippen molar-refractivity contribution in [2.24, 2.45) is 0 Å². The SMILES string of the molecule is CCCCCCCc1ccc(CCCCCCC)c2c1-c1cc3[nH]c(cc4nc(cc5[nH]c(cc-2n1)c1c(CCCCCCC)ccc(CCCOS(C)(=O)=O)c51)-c1c(CCCCCCC)ccc(CCCCCCC)c1-4)c1c(CCCCCCC)ccc(CCCCCCC)c31. The summed E-state index contributed by atoms with van der Waals surface area (Å²) < 4.78 is 30.5. The standard InChI is InChI=1S/C89H128N4O3S/c1-9-16-23-30-37-45-66-53-54-67(46-38-31-24-17-10-2)83-75-63-77-85-69(48-40-33-26-19-12-4)57-58-71(50-42-35-28-21-14-6)87(85)79(92-77)65-81-89-73(52-44-61-96-97(8,94)95)60-59-72(51-43-36-29-22-15-7)88(89)80(93-81)64-78-86-70(49-41-34-27-20-13-5)56-55-68(47-39-32-25-18-11-3)84(86)76(91-78)62-74(90-75)82(66)83/h53-60,62-65,90,93H,9-52,61H2,1-8H3. The Morgan fingerprint density at radius 3 is 0.691 bits per heavy atom. The van der Waals surface area contributed by atoms with Gasteiger partial charge in [0.15, 0.2) is 0 Å². The maximum Gasteiger partial charge on any atom is 0.264 e. The van der Waals surface area contributed by atoms with Gasteiger partial charge in [-0.25, -0.2) is 9.97 Å². The second-order valence-electron chi connectivity index (χ2n) is 29.6. The molecule has 0 aliphatic carbocycles. The minimum absolute atomic E-state index is 0.139. The Balaban J connectivity index is 1.45. The van der Waals surface area contributed by atoms with E-state index < -0.39 is 10.1 Å². The highest BCUT2D eigenvalue weighted by molar-refractivity contribution is 7.86. The van der Waals surface area contributed by atoms with Crippen LogP contribution in [-0.4, -0.2) is 41.2 Å². The van der Waals surface area contributed by atoms with Gasteiger partial charge in [-0.3, -0.25) is 4.18 Å². The number of hydrogen-bond acceptors (Lipinski definition) is 5. The Morgan fingerprint density at radius 1 is 0.278 bits per heavy atom. The second kappa shape index (κ2) is 40.0. The van der Waals surface area contributed by atoms with Gasteiger partial charge in [-0.1, -0.05) is 277 Å². The third kappa shape index (κ3) is 21.0. The summed E-state index contributed by atoms with van der Waals surface area (Å²) in [6.07, 6.45) is 52.6. The first kappa shape index (κ1) is 75.6. The molecule has 7 aromatic rings. The molecule has 0 saturated carbocycles. The summed E-state index contributed by atoms with van der Waals surface area (Å²) in [6, 6.07) is 29.8. The number of hydrogen-bond donors (Lipinski definition) is 2. The van der Waals surface area contributed by atoms with E-state index in [2.05, 4.69) is 131 Å². The molecule has 9 rings (SSSR count). The van der Waals surface area contributed by atoms with E-state index in [0.29, 0.717) is 12.8 Å². The molecule has 5 heterocycles. The molecule has 0 spiro atoms. The van der Waals surface area contributed by atoms with E-state index in [1.807, 2.05) is 0 Å². The number of benzene rings is 4. The molecule has 0 atom stereocenters. The van der Waals surface area contributed by atoms with Crippen molar-refractivity contribution < 1.29 is 12.6 Å². The molecule has 7 nitrogen and oxygen atoms in total. The summed E-state index contributed by atoms with van der Waals surface area (Å²) in [7, 11) is -3.60. The van der Waals surface area contributed by atoms with Crippen molar-refractivity contribution in [3.05, 3.63) is 117 Å². The fourth-order valence-electron chi connectivity index (χ4n) is 16.2. The number of unbranched alkanes of at least 4 members (excludes halogenated alkanes) is 28. The summed E-state index contributed by atoms with van der Waals surface area (Å²) in [5, 5.41) is 5.24. The molecule has 0 saturated heterocycles. The van der Waals surface area contributed by atoms with Crippen molar-refractivity contribution >= 4 is 53.7 Å². The lowest BCUT2D eigenvalue weighted by molar-refractivity contribution is 0.316. The van der Waals surface area contributed by atoms with E-state index in [1.165, 1.54) is 298 Å². The van der Waals surface area contributed by atoms with E-state index in [0.717, 1.165) is 111 Å². The van der Waals surface area contributed by atoms with Gasteiger partial charge in [0.05, 0.1) is 35.6 Å². The van der Waals surface area contributed by atoms with E-state index in [-0.39, 0.29) is 6.61 Å². The molecule has 8 bridgehead atoms. The Morgan fingerprint density at radius 2 is 0.474 bits per heavy atom. The van der Waals surface area contributed by atoms with Crippen LogP contribution < -0.4 is 0 Å². The molecule has 528 valence electrons. The van der Waals surface area contributed by atoms with Crippen LogP contribution in [0.2, 0.25) is 0 Å². The normalized spacial score (nSPS) is 12.2. The van der Waals surface area contributed by atoms with Gasteiger partial charge < -0.3 is 9.97 Å². The van der Waals surface area contributed by atoms with Crippen LogP contribution in [0.15, 0.2) is 72.8 Å². The maximum absolute atomic E-state index is 12.5. The zero-order chi connectivity index (χ0) is 68.2. The summed E-state index contributed by atoms with van der Waals surface area (Å²) in [6.45, 7) is 16.4. The Hall–Kier alpha value is -5.57. The lowest BCUT2D eigenvalue weighted by Crippen LogP contribution is -2.05. The molecule has 0 fully saturated rings. The van der Waals surface area contributed by atoms with Gasteiger partial charge in [0.2, 0.25) is 0 Å². The van der Waals surface area contributed by atoms with Gasteiger partial charge in [0, 0.05) is 65.9 Å². The second-order valence-corrected chi connectivity index (χ2v) is 31.2. The molecule has 97 heavy (non-hydrogen) atoms. The number of H-pyrrole nitrogens is 2. The maximum atomic E-state index is 12.5. The van der Waals surface area contributed by atoms with Gasteiger partial charge in [-0.15, -0.1) is 0 Å². The van der Waals surface area contributed by atoms with Crippen molar-refractivity contribution in [2.45, 2.75) is 331 Å². The molecule has 2 aliphatic rings. The summed E-state index contributed by atoms with van der Waals surface area (Å²) >= 11 is 0. The van der Waals surface area contributed by atoms with Crippen LogP contribution in [-0.2, 0) is 65.7 Å². The third-order valence-electron chi connectivity index (χ3n) is 21.5. The number of aromatic amines is 2. The Bertz CT molecular complexity index is 3860. The first-order valence-corrected chi connectivity index (χ1v) is 42.1. The van der Waals surface area contributed by atoms with Crippen LogP contribution in [0, 0.1) is 0 Å². The fraction of sp³-hybridized carbons (Fsp3) is 0.596. The summed E-state index contributed by atoms with van der Waals surface area (Å²) in [4.78, 5) is 20.8. The zero-order valence-corrected chi connectivity index (χ0v) is 63.1. The smallest absolute Gasteiger partial charge is 0.264 e. The molecular formula is C89H128N4O3S. The molecule has 2 N–H and O–H groups in total. The van der Waals surface area contributed by atoms with E-state index in [4.69, 9.17) is 14.2 Å². The number of nitrogens with zero attached hydrogens (tertiary/aromatic N) is 2. The van der Waals surface area contributed by atoms with Crippen LogP contribution in [0.3, 0.4) is 0 Å². The molecule has 8 heteroatoms. The van der Waals surface area contributed by atoms with Gasteiger partial charge >= 0.3 is 0 Å². The fourth-order valence-corrected chi connectivity index (χ4v) is 16.6.